The highest BCUT2D eigenvalue weighted by Gasteiger charge is 2.29. The third-order valence-corrected chi connectivity index (χ3v) is 4.00. The third kappa shape index (κ3) is 6.97. The van der Waals surface area contributed by atoms with Crippen molar-refractivity contribution in [1.82, 2.24) is 10.2 Å². The molecule has 0 aromatic rings. The van der Waals surface area contributed by atoms with Crippen LogP contribution in [0.25, 0.3) is 0 Å². The van der Waals surface area contributed by atoms with E-state index in [0.29, 0.717) is 25.4 Å². The van der Waals surface area contributed by atoms with Crippen molar-refractivity contribution in [1.29, 1.82) is 0 Å². The van der Waals surface area contributed by atoms with Crippen molar-refractivity contribution >= 4 is 24.2 Å². The molecule has 2 amide bonds. The quantitative estimate of drug-likeness (QED) is 0.747. The zero-order chi connectivity index (χ0) is 15.8. The van der Waals surface area contributed by atoms with Gasteiger partial charge in [-0.3, -0.25) is 9.59 Å². The predicted octanol–water partition coefficient (Wildman–Crippen LogP) is 1.94. The zero-order valence-corrected chi connectivity index (χ0v) is 15.0. The summed E-state index contributed by atoms with van der Waals surface area (Å²) < 4.78 is 0. The first-order valence-corrected chi connectivity index (χ1v) is 8.26. The second-order valence-corrected chi connectivity index (χ2v) is 6.50. The Morgan fingerprint density at radius 1 is 1.36 bits per heavy atom. The number of carbonyl (C=O) groups is 2. The maximum Gasteiger partial charge on any atom is 0.225 e. The topological polar surface area (TPSA) is 75.4 Å². The van der Waals surface area contributed by atoms with Gasteiger partial charge in [0.15, 0.2) is 0 Å². The van der Waals surface area contributed by atoms with Crippen molar-refractivity contribution < 1.29 is 9.59 Å². The van der Waals surface area contributed by atoms with Crippen LogP contribution in [-0.4, -0.2) is 42.4 Å². The van der Waals surface area contributed by atoms with Gasteiger partial charge in [0, 0.05) is 32.1 Å². The van der Waals surface area contributed by atoms with E-state index in [1.807, 2.05) is 11.8 Å². The number of piperidine rings is 1. The molecule has 1 fully saturated rings. The van der Waals surface area contributed by atoms with Gasteiger partial charge < -0.3 is 16.0 Å². The fraction of sp³-hybridized carbons (Fsp3) is 0.875. The molecule has 1 rings (SSSR count). The lowest BCUT2D eigenvalue weighted by Gasteiger charge is -2.33. The maximum absolute atomic E-state index is 12.4. The first kappa shape index (κ1) is 21.2. The molecule has 0 aromatic carbocycles. The Balaban J connectivity index is 0.00000441. The first-order valence-electron chi connectivity index (χ1n) is 8.26. The molecule has 2 atom stereocenters. The number of nitrogens with zero attached hydrogens (tertiary/aromatic N) is 1. The van der Waals surface area contributed by atoms with Crippen LogP contribution >= 0.6 is 12.4 Å². The van der Waals surface area contributed by atoms with Gasteiger partial charge in [-0.15, -0.1) is 12.4 Å². The molecule has 0 aromatic heterocycles. The molecular weight excluding hydrogens is 302 g/mol. The van der Waals surface area contributed by atoms with Crippen LogP contribution in [0.5, 0.6) is 0 Å². The van der Waals surface area contributed by atoms with Gasteiger partial charge >= 0.3 is 0 Å². The number of hydrogen-bond acceptors (Lipinski definition) is 3. The fourth-order valence-corrected chi connectivity index (χ4v) is 2.89. The highest BCUT2D eigenvalue weighted by molar-refractivity contribution is 5.85. The Bertz CT molecular complexity index is 350. The van der Waals surface area contributed by atoms with Gasteiger partial charge in [0.1, 0.15) is 0 Å². The summed E-state index contributed by atoms with van der Waals surface area (Å²) in [6.45, 7) is 8.07. The van der Waals surface area contributed by atoms with Crippen LogP contribution < -0.4 is 11.1 Å². The lowest BCUT2D eigenvalue weighted by molar-refractivity contribution is -0.135. The molecule has 0 aliphatic carbocycles. The molecule has 0 spiro atoms. The summed E-state index contributed by atoms with van der Waals surface area (Å²) in [5.41, 5.74) is 5.73. The maximum atomic E-state index is 12.4. The number of amides is 2. The highest BCUT2D eigenvalue weighted by Crippen LogP contribution is 2.18. The van der Waals surface area contributed by atoms with Gasteiger partial charge in [-0.05, 0) is 31.6 Å². The van der Waals surface area contributed by atoms with Gasteiger partial charge in [-0.2, -0.15) is 0 Å². The Labute approximate surface area is 140 Å². The number of carbonyl (C=O) groups excluding carboxylic acids is 2. The summed E-state index contributed by atoms with van der Waals surface area (Å²) in [5, 5.41) is 3.06. The van der Waals surface area contributed by atoms with E-state index in [0.717, 1.165) is 32.2 Å². The largest absolute Gasteiger partial charge is 0.352 e. The van der Waals surface area contributed by atoms with E-state index < -0.39 is 0 Å². The van der Waals surface area contributed by atoms with Crippen LogP contribution in [0.15, 0.2) is 0 Å². The highest BCUT2D eigenvalue weighted by atomic mass is 35.5. The third-order valence-electron chi connectivity index (χ3n) is 4.00. The van der Waals surface area contributed by atoms with E-state index in [4.69, 9.17) is 5.73 Å². The number of halogens is 1. The number of nitrogens with one attached hydrogen (secondary N) is 1. The molecular formula is C16H32ClN3O2. The minimum absolute atomic E-state index is 0. The summed E-state index contributed by atoms with van der Waals surface area (Å²) in [6, 6.07) is 0.0409. The Kier molecular flexibility index (Phi) is 10.4. The second-order valence-electron chi connectivity index (χ2n) is 6.50. The first-order chi connectivity index (χ1) is 9.97. The van der Waals surface area contributed by atoms with Crippen LogP contribution in [-0.2, 0) is 9.59 Å². The number of nitrogens with two attached hydrogens (primary N) is 1. The van der Waals surface area contributed by atoms with Crippen molar-refractivity contribution in [3.05, 3.63) is 0 Å². The van der Waals surface area contributed by atoms with Crippen molar-refractivity contribution in [2.75, 3.05) is 19.6 Å². The zero-order valence-electron chi connectivity index (χ0n) is 14.1. The average Bonchev–Trinajstić information content (AvgIpc) is 2.46. The number of likely N-dealkylation sites (tertiary alicyclic amines) is 1. The lowest BCUT2D eigenvalue weighted by Crippen LogP contribution is -2.49. The molecule has 2 unspecified atom stereocenters. The molecule has 0 bridgehead atoms. The monoisotopic (exact) mass is 333 g/mol. The average molecular weight is 334 g/mol. The fourth-order valence-electron chi connectivity index (χ4n) is 2.89. The Morgan fingerprint density at radius 3 is 2.59 bits per heavy atom. The minimum Gasteiger partial charge on any atom is -0.352 e. The molecule has 1 saturated heterocycles. The molecule has 3 N–H and O–H groups in total. The molecule has 0 saturated carbocycles. The van der Waals surface area contributed by atoms with E-state index in [1.165, 1.54) is 0 Å². The lowest BCUT2D eigenvalue weighted by atomic mass is 9.95. The summed E-state index contributed by atoms with van der Waals surface area (Å²) in [5.74, 6) is 0.654. The van der Waals surface area contributed by atoms with Gasteiger partial charge in [0.25, 0.3) is 0 Å². The smallest absolute Gasteiger partial charge is 0.225 e. The van der Waals surface area contributed by atoms with Crippen LogP contribution in [0, 0.1) is 11.8 Å². The molecule has 1 aliphatic heterocycles. The summed E-state index contributed by atoms with van der Waals surface area (Å²) in [4.78, 5) is 26.2. The Morgan fingerprint density at radius 2 is 2.05 bits per heavy atom. The van der Waals surface area contributed by atoms with E-state index in [2.05, 4.69) is 19.2 Å². The van der Waals surface area contributed by atoms with E-state index >= 15 is 0 Å². The molecule has 130 valence electrons. The van der Waals surface area contributed by atoms with Gasteiger partial charge in [0.05, 0.1) is 5.92 Å². The van der Waals surface area contributed by atoms with Gasteiger partial charge in [-0.1, -0.05) is 20.8 Å². The van der Waals surface area contributed by atoms with Crippen molar-refractivity contribution in [3.8, 4) is 0 Å². The summed E-state index contributed by atoms with van der Waals surface area (Å²) in [6.07, 6.45) is 4.10. The number of hydrogen-bond donors (Lipinski definition) is 2. The van der Waals surface area contributed by atoms with Gasteiger partial charge in [-0.25, -0.2) is 0 Å². The van der Waals surface area contributed by atoms with Crippen molar-refractivity contribution in [3.63, 3.8) is 0 Å². The molecule has 1 heterocycles. The molecule has 6 heteroatoms. The molecule has 22 heavy (non-hydrogen) atoms. The minimum atomic E-state index is -0.0826. The predicted molar refractivity (Wildman–Crippen MR) is 91.9 cm³/mol. The van der Waals surface area contributed by atoms with E-state index in [1.54, 1.807) is 0 Å². The van der Waals surface area contributed by atoms with Gasteiger partial charge in [0.2, 0.25) is 11.8 Å². The Hall–Kier alpha value is -0.810. The normalized spacial score (nSPS) is 19.5. The second kappa shape index (κ2) is 10.8. The van der Waals surface area contributed by atoms with Crippen molar-refractivity contribution in [2.45, 2.75) is 58.9 Å². The summed E-state index contributed by atoms with van der Waals surface area (Å²) in [7, 11) is 0. The molecule has 5 nitrogen and oxygen atoms in total. The SMILES string of the molecule is CCCC(=O)N1CCCC(C(=O)NC(CN)CC(C)C)C1.Cl. The molecule has 1 aliphatic rings. The van der Waals surface area contributed by atoms with E-state index in [-0.39, 0.29) is 36.2 Å². The standard InChI is InChI=1S/C16H31N3O2.ClH/c1-4-6-15(20)19-8-5-7-13(11-19)16(21)18-14(10-17)9-12(2)3;/h12-14H,4-11,17H2,1-3H3,(H,18,21);1H. The van der Waals surface area contributed by atoms with Crippen LogP contribution in [0.1, 0.15) is 52.9 Å². The van der Waals surface area contributed by atoms with E-state index in [9.17, 15) is 9.59 Å². The van der Waals surface area contributed by atoms with Crippen LogP contribution in [0.2, 0.25) is 0 Å². The number of rotatable bonds is 7. The van der Waals surface area contributed by atoms with Crippen molar-refractivity contribution in [2.24, 2.45) is 17.6 Å². The van der Waals surface area contributed by atoms with Crippen LogP contribution in [0.4, 0.5) is 0 Å². The summed E-state index contributed by atoms with van der Waals surface area (Å²) >= 11 is 0. The van der Waals surface area contributed by atoms with Crippen LogP contribution in [0.3, 0.4) is 0 Å². The molecule has 0 radical (unpaired) electrons.